The fourth-order valence-electron chi connectivity index (χ4n) is 3.63. The van der Waals surface area contributed by atoms with Crippen LogP contribution in [0, 0.1) is 5.82 Å². The number of rotatable bonds is 7. The maximum atomic E-state index is 13.8. The Labute approximate surface area is 166 Å². The fourth-order valence-corrected chi connectivity index (χ4v) is 3.63. The average molecular weight is 384 g/mol. The average Bonchev–Trinajstić information content (AvgIpc) is 2.73. The molecule has 1 aliphatic heterocycles. The number of methoxy groups -OCH3 is 1. The Hall–Kier alpha value is -2.56. The Morgan fingerprint density at radius 3 is 2.39 bits per heavy atom. The van der Waals surface area contributed by atoms with Gasteiger partial charge in [0.25, 0.3) is 0 Å². The van der Waals surface area contributed by atoms with Crippen LogP contribution >= 0.6 is 0 Å². The SMILES string of the molecule is COc1ccc(CCC(=O)N(C)Cc2ccc(N3CCCCC3)cc2)cc1F. The third kappa shape index (κ3) is 5.24. The van der Waals surface area contributed by atoms with Crippen LogP contribution in [-0.4, -0.2) is 38.1 Å². The maximum Gasteiger partial charge on any atom is 0.222 e. The van der Waals surface area contributed by atoms with E-state index in [4.69, 9.17) is 4.74 Å². The van der Waals surface area contributed by atoms with Gasteiger partial charge < -0.3 is 14.5 Å². The molecule has 0 radical (unpaired) electrons. The molecule has 1 amide bonds. The summed E-state index contributed by atoms with van der Waals surface area (Å²) in [6.45, 7) is 2.84. The summed E-state index contributed by atoms with van der Waals surface area (Å²) >= 11 is 0. The van der Waals surface area contributed by atoms with E-state index in [1.54, 1.807) is 17.0 Å². The molecule has 1 heterocycles. The summed E-state index contributed by atoms with van der Waals surface area (Å²) in [6.07, 6.45) is 4.71. The highest BCUT2D eigenvalue weighted by molar-refractivity contribution is 5.76. The molecule has 0 spiro atoms. The minimum Gasteiger partial charge on any atom is -0.494 e. The predicted molar refractivity (Wildman–Crippen MR) is 110 cm³/mol. The number of ether oxygens (including phenoxy) is 1. The number of carbonyl (C=O) groups is 1. The van der Waals surface area contributed by atoms with Gasteiger partial charge in [-0.2, -0.15) is 0 Å². The first-order chi connectivity index (χ1) is 13.6. The van der Waals surface area contributed by atoms with Gasteiger partial charge in [0, 0.05) is 38.8 Å². The van der Waals surface area contributed by atoms with Crippen LogP contribution in [0.25, 0.3) is 0 Å². The van der Waals surface area contributed by atoms with Crippen molar-refractivity contribution >= 4 is 11.6 Å². The standard InChI is InChI=1S/C23H29FN2O2/c1-25(23(27)13-9-18-8-12-22(28-2)21(24)16-18)17-19-6-10-20(11-7-19)26-14-4-3-5-15-26/h6-8,10-12,16H,3-5,9,13-15,17H2,1-2H3. The second-order valence-corrected chi connectivity index (χ2v) is 7.43. The quantitative estimate of drug-likeness (QED) is 0.709. The summed E-state index contributed by atoms with van der Waals surface area (Å²) in [5.74, 6) is -0.119. The zero-order chi connectivity index (χ0) is 19.9. The number of amides is 1. The number of piperidine rings is 1. The number of hydrogen-bond donors (Lipinski definition) is 0. The lowest BCUT2D eigenvalue weighted by atomic mass is 10.1. The monoisotopic (exact) mass is 384 g/mol. The number of halogens is 1. The van der Waals surface area contributed by atoms with Crippen LogP contribution < -0.4 is 9.64 Å². The zero-order valence-electron chi connectivity index (χ0n) is 16.8. The lowest BCUT2D eigenvalue weighted by Gasteiger charge is -2.29. The van der Waals surface area contributed by atoms with Crippen molar-refractivity contribution < 1.29 is 13.9 Å². The molecule has 1 saturated heterocycles. The summed E-state index contributed by atoms with van der Waals surface area (Å²) in [5.41, 5.74) is 3.18. The number of benzene rings is 2. The maximum absolute atomic E-state index is 13.8. The zero-order valence-corrected chi connectivity index (χ0v) is 16.8. The highest BCUT2D eigenvalue weighted by atomic mass is 19.1. The summed E-state index contributed by atoms with van der Waals surface area (Å²) < 4.78 is 18.7. The lowest BCUT2D eigenvalue weighted by Crippen LogP contribution is -2.29. The van der Waals surface area contributed by atoms with Gasteiger partial charge in [-0.15, -0.1) is 0 Å². The predicted octanol–water partition coefficient (Wildman–Crippen LogP) is 4.42. The number of nitrogens with zero attached hydrogens (tertiary/aromatic N) is 2. The molecule has 0 aliphatic carbocycles. The van der Waals surface area contributed by atoms with Gasteiger partial charge in [0.1, 0.15) is 0 Å². The molecular weight excluding hydrogens is 355 g/mol. The highest BCUT2D eigenvalue weighted by Gasteiger charge is 2.13. The number of anilines is 1. The molecule has 150 valence electrons. The summed E-state index contributed by atoms with van der Waals surface area (Å²) in [5, 5.41) is 0. The van der Waals surface area contributed by atoms with Crippen molar-refractivity contribution in [2.24, 2.45) is 0 Å². The van der Waals surface area contributed by atoms with Crippen molar-refractivity contribution in [3.63, 3.8) is 0 Å². The van der Waals surface area contributed by atoms with Crippen LogP contribution in [0.5, 0.6) is 5.75 Å². The van der Waals surface area contributed by atoms with E-state index in [0.29, 0.717) is 19.4 Å². The van der Waals surface area contributed by atoms with Gasteiger partial charge in [0.05, 0.1) is 7.11 Å². The highest BCUT2D eigenvalue weighted by Crippen LogP contribution is 2.21. The van der Waals surface area contributed by atoms with Crippen LogP contribution in [0.1, 0.15) is 36.8 Å². The molecule has 0 unspecified atom stereocenters. The van der Waals surface area contributed by atoms with Crippen molar-refractivity contribution in [3.8, 4) is 5.75 Å². The Morgan fingerprint density at radius 2 is 1.75 bits per heavy atom. The first kappa shape index (κ1) is 20.2. The van der Waals surface area contributed by atoms with Crippen LogP contribution in [-0.2, 0) is 17.8 Å². The molecule has 4 nitrogen and oxygen atoms in total. The summed E-state index contributed by atoms with van der Waals surface area (Å²) in [7, 11) is 3.26. The molecule has 0 bridgehead atoms. The number of hydrogen-bond acceptors (Lipinski definition) is 3. The normalized spacial score (nSPS) is 14.0. The third-order valence-electron chi connectivity index (χ3n) is 5.35. The fraction of sp³-hybridized carbons (Fsp3) is 0.435. The van der Waals surface area contributed by atoms with Crippen LogP contribution in [0.15, 0.2) is 42.5 Å². The first-order valence-corrected chi connectivity index (χ1v) is 9.97. The smallest absolute Gasteiger partial charge is 0.222 e. The Kier molecular flexibility index (Phi) is 6.90. The molecule has 3 rings (SSSR count). The van der Waals surface area contributed by atoms with E-state index in [-0.39, 0.29) is 11.7 Å². The van der Waals surface area contributed by atoms with Gasteiger partial charge in [-0.3, -0.25) is 4.79 Å². The van der Waals surface area contributed by atoms with Crippen molar-refractivity contribution in [2.75, 3.05) is 32.1 Å². The van der Waals surface area contributed by atoms with E-state index in [2.05, 4.69) is 29.2 Å². The molecule has 2 aromatic carbocycles. The molecule has 2 aromatic rings. The van der Waals surface area contributed by atoms with Gasteiger partial charge in [0.2, 0.25) is 5.91 Å². The van der Waals surface area contributed by atoms with Gasteiger partial charge in [-0.1, -0.05) is 18.2 Å². The van der Waals surface area contributed by atoms with E-state index in [1.807, 2.05) is 7.05 Å². The first-order valence-electron chi connectivity index (χ1n) is 9.97. The van der Waals surface area contributed by atoms with Gasteiger partial charge in [0.15, 0.2) is 11.6 Å². The van der Waals surface area contributed by atoms with Crippen LogP contribution in [0.4, 0.5) is 10.1 Å². The van der Waals surface area contributed by atoms with E-state index in [9.17, 15) is 9.18 Å². The van der Waals surface area contributed by atoms with Gasteiger partial charge in [-0.25, -0.2) is 4.39 Å². The van der Waals surface area contributed by atoms with Crippen molar-refractivity contribution in [2.45, 2.75) is 38.6 Å². The molecule has 28 heavy (non-hydrogen) atoms. The molecule has 1 aliphatic rings. The Morgan fingerprint density at radius 1 is 1.07 bits per heavy atom. The van der Waals surface area contributed by atoms with Crippen LogP contribution in [0.3, 0.4) is 0 Å². The van der Waals surface area contributed by atoms with E-state index < -0.39 is 5.82 Å². The molecule has 0 N–H and O–H groups in total. The molecule has 5 heteroatoms. The van der Waals surface area contributed by atoms with E-state index in [0.717, 1.165) is 24.2 Å². The largest absolute Gasteiger partial charge is 0.494 e. The number of aryl methyl sites for hydroxylation is 1. The Bertz CT molecular complexity index is 786. The van der Waals surface area contributed by atoms with E-state index in [1.165, 1.54) is 38.1 Å². The molecular formula is C23H29FN2O2. The van der Waals surface area contributed by atoms with Crippen molar-refractivity contribution in [3.05, 3.63) is 59.4 Å². The number of carbonyl (C=O) groups excluding carboxylic acids is 1. The molecule has 1 fully saturated rings. The molecule has 0 aromatic heterocycles. The van der Waals surface area contributed by atoms with Crippen molar-refractivity contribution in [1.82, 2.24) is 4.90 Å². The Balaban J connectivity index is 1.50. The molecule has 0 saturated carbocycles. The van der Waals surface area contributed by atoms with Crippen LogP contribution in [0.2, 0.25) is 0 Å². The second-order valence-electron chi connectivity index (χ2n) is 7.43. The van der Waals surface area contributed by atoms with E-state index >= 15 is 0 Å². The lowest BCUT2D eigenvalue weighted by molar-refractivity contribution is -0.130. The van der Waals surface area contributed by atoms with Crippen molar-refractivity contribution in [1.29, 1.82) is 0 Å². The summed E-state index contributed by atoms with van der Waals surface area (Å²) in [4.78, 5) is 16.6. The third-order valence-corrected chi connectivity index (χ3v) is 5.35. The summed E-state index contributed by atoms with van der Waals surface area (Å²) in [6, 6.07) is 13.3. The van der Waals surface area contributed by atoms with Gasteiger partial charge in [-0.05, 0) is 61.1 Å². The minimum atomic E-state index is -0.394. The second kappa shape index (κ2) is 9.58. The van der Waals surface area contributed by atoms with Gasteiger partial charge >= 0.3 is 0 Å². The topological polar surface area (TPSA) is 32.8 Å². The molecule has 0 atom stereocenters. The minimum absolute atomic E-state index is 0.0522.